The van der Waals surface area contributed by atoms with Crippen LogP contribution in [0, 0.1) is 0 Å². The first-order valence-electron chi connectivity index (χ1n) is 6.48. The van der Waals surface area contributed by atoms with Crippen molar-refractivity contribution < 1.29 is 17.9 Å². The summed E-state index contributed by atoms with van der Waals surface area (Å²) in [7, 11) is -3.76. The molecule has 0 atom stereocenters. The number of ether oxygens (including phenoxy) is 1. The lowest BCUT2D eigenvalue weighted by Crippen LogP contribution is -2.33. The standard InChI is InChI=1S/C14H12N4O4S/c15-17-14(19)22-13-8-12-10(9-16-13)6-7-18(12)23(20,21)11-4-2-1-3-5-11/h1-9H,15H2,(H,17,19). The third kappa shape index (κ3) is 2.74. The van der Waals surface area contributed by atoms with Gasteiger partial charge < -0.3 is 4.74 Å². The summed E-state index contributed by atoms with van der Waals surface area (Å²) in [6.07, 6.45) is 1.92. The van der Waals surface area contributed by atoms with Crippen molar-refractivity contribution in [3.05, 3.63) is 54.9 Å². The molecule has 0 saturated carbocycles. The maximum absolute atomic E-state index is 12.7. The number of rotatable bonds is 3. The fraction of sp³-hybridized carbons (Fsp3) is 0. The number of hydrogen-bond acceptors (Lipinski definition) is 6. The van der Waals surface area contributed by atoms with Gasteiger partial charge in [0.05, 0.1) is 10.4 Å². The van der Waals surface area contributed by atoms with Gasteiger partial charge in [-0.15, -0.1) is 0 Å². The largest absolute Gasteiger partial charge is 0.428 e. The summed E-state index contributed by atoms with van der Waals surface area (Å²) in [5.41, 5.74) is 2.14. The molecule has 3 aromatic rings. The summed E-state index contributed by atoms with van der Waals surface area (Å²) in [6.45, 7) is 0. The molecule has 0 aliphatic heterocycles. The molecule has 9 heteroatoms. The van der Waals surface area contributed by atoms with Crippen molar-refractivity contribution in [1.29, 1.82) is 0 Å². The van der Waals surface area contributed by atoms with E-state index in [4.69, 9.17) is 10.6 Å². The fourth-order valence-corrected chi connectivity index (χ4v) is 3.45. The molecule has 0 aliphatic rings. The highest BCUT2D eigenvalue weighted by molar-refractivity contribution is 7.90. The maximum Gasteiger partial charge on any atom is 0.428 e. The lowest BCUT2D eigenvalue weighted by Gasteiger charge is -2.08. The number of amides is 1. The number of hydrogen-bond donors (Lipinski definition) is 2. The minimum absolute atomic E-state index is 0.0661. The molecule has 2 heterocycles. The minimum atomic E-state index is -3.76. The normalized spacial score (nSPS) is 11.3. The summed E-state index contributed by atoms with van der Waals surface area (Å²) < 4.78 is 31.3. The Balaban J connectivity index is 2.11. The van der Waals surface area contributed by atoms with Gasteiger partial charge >= 0.3 is 6.09 Å². The molecule has 3 rings (SSSR count). The minimum Gasteiger partial charge on any atom is -0.390 e. The second-order valence-corrected chi connectivity index (χ2v) is 6.36. The number of nitrogens with two attached hydrogens (primary N) is 1. The van der Waals surface area contributed by atoms with Crippen LogP contribution in [-0.4, -0.2) is 23.5 Å². The van der Waals surface area contributed by atoms with E-state index in [0.717, 1.165) is 3.97 Å². The number of fused-ring (bicyclic) bond motifs is 1. The van der Waals surface area contributed by atoms with E-state index >= 15 is 0 Å². The second-order valence-electron chi connectivity index (χ2n) is 4.54. The number of pyridine rings is 1. The van der Waals surface area contributed by atoms with Crippen LogP contribution in [0.5, 0.6) is 5.88 Å². The third-order valence-electron chi connectivity index (χ3n) is 3.13. The van der Waals surface area contributed by atoms with Crippen molar-refractivity contribution >= 4 is 27.0 Å². The van der Waals surface area contributed by atoms with Gasteiger partial charge in [-0.25, -0.2) is 28.0 Å². The number of aromatic nitrogens is 2. The second kappa shape index (κ2) is 5.71. The SMILES string of the molecule is NNC(=O)Oc1cc2c(ccn2S(=O)(=O)c2ccccc2)cn1. The Labute approximate surface area is 131 Å². The van der Waals surface area contributed by atoms with Crippen LogP contribution in [0.4, 0.5) is 4.79 Å². The van der Waals surface area contributed by atoms with Crippen LogP contribution in [0.25, 0.3) is 10.9 Å². The molecule has 0 aliphatic carbocycles. The van der Waals surface area contributed by atoms with E-state index in [-0.39, 0.29) is 10.8 Å². The molecular weight excluding hydrogens is 320 g/mol. The Morgan fingerprint density at radius 1 is 1.22 bits per heavy atom. The van der Waals surface area contributed by atoms with Gasteiger partial charge in [0.25, 0.3) is 10.0 Å². The summed E-state index contributed by atoms with van der Waals surface area (Å²) in [4.78, 5) is 15.2. The zero-order valence-electron chi connectivity index (χ0n) is 11.7. The highest BCUT2D eigenvalue weighted by Gasteiger charge is 2.19. The van der Waals surface area contributed by atoms with E-state index in [1.807, 2.05) is 0 Å². The van der Waals surface area contributed by atoms with Gasteiger partial charge in [-0.2, -0.15) is 0 Å². The number of carbonyl (C=O) groups is 1. The van der Waals surface area contributed by atoms with Gasteiger partial charge in [0.15, 0.2) is 0 Å². The maximum atomic E-state index is 12.7. The Kier molecular flexibility index (Phi) is 3.72. The summed E-state index contributed by atoms with van der Waals surface area (Å²) in [5, 5.41) is 0.588. The average Bonchev–Trinajstić information content (AvgIpc) is 2.99. The molecule has 0 fully saturated rings. The smallest absolute Gasteiger partial charge is 0.390 e. The summed E-state index contributed by atoms with van der Waals surface area (Å²) >= 11 is 0. The van der Waals surface area contributed by atoms with Gasteiger partial charge in [0.1, 0.15) is 0 Å². The lowest BCUT2D eigenvalue weighted by atomic mass is 10.3. The number of nitrogens with zero attached hydrogens (tertiary/aromatic N) is 2. The molecular formula is C14H12N4O4S. The van der Waals surface area contributed by atoms with Crippen molar-refractivity contribution in [2.45, 2.75) is 4.90 Å². The van der Waals surface area contributed by atoms with E-state index in [9.17, 15) is 13.2 Å². The number of nitrogens with one attached hydrogen (secondary N) is 1. The van der Waals surface area contributed by atoms with Gasteiger partial charge in [-0.1, -0.05) is 18.2 Å². The average molecular weight is 332 g/mol. The molecule has 0 radical (unpaired) electrons. The van der Waals surface area contributed by atoms with Gasteiger partial charge in [0.2, 0.25) is 5.88 Å². The predicted molar refractivity (Wildman–Crippen MR) is 82.1 cm³/mol. The van der Waals surface area contributed by atoms with Crippen molar-refractivity contribution in [2.24, 2.45) is 5.84 Å². The first-order chi connectivity index (χ1) is 11.0. The Morgan fingerprint density at radius 3 is 2.65 bits per heavy atom. The molecule has 0 unspecified atom stereocenters. The monoisotopic (exact) mass is 332 g/mol. The highest BCUT2D eigenvalue weighted by atomic mass is 32.2. The van der Waals surface area contributed by atoms with Gasteiger partial charge in [-0.05, 0) is 18.2 Å². The van der Waals surface area contributed by atoms with Crippen LogP contribution in [0.15, 0.2) is 59.8 Å². The van der Waals surface area contributed by atoms with Gasteiger partial charge in [-0.3, -0.25) is 5.43 Å². The molecule has 0 saturated heterocycles. The molecule has 118 valence electrons. The molecule has 1 aromatic carbocycles. The Morgan fingerprint density at radius 2 is 1.96 bits per heavy atom. The quantitative estimate of drug-likeness (QED) is 0.423. The predicted octanol–water partition coefficient (Wildman–Crippen LogP) is 1.24. The fourth-order valence-electron chi connectivity index (χ4n) is 2.08. The molecule has 3 N–H and O–H groups in total. The highest BCUT2D eigenvalue weighted by Crippen LogP contribution is 2.24. The van der Waals surface area contributed by atoms with Crippen molar-refractivity contribution in [3.8, 4) is 5.88 Å². The zero-order valence-corrected chi connectivity index (χ0v) is 12.5. The van der Waals surface area contributed by atoms with Crippen LogP contribution >= 0.6 is 0 Å². The van der Waals surface area contributed by atoms with Crippen LogP contribution in [0.2, 0.25) is 0 Å². The van der Waals surface area contributed by atoms with Crippen LogP contribution in [0.3, 0.4) is 0 Å². The van der Waals surface area contributed by atoms with E-state index in [2.05, 4.69) is 4.98 Å². The van der Waals surface area contributed by atoms with E-state index < -0.39 is 16.1 Å². The summed E-state index contributed by atoms with van der Waals surface area (Å²) in [5.74, 6) is 4.87. The van der Waals surface area contributed by atoms with Gasteiger partial charge in [0, 0.05) is 23.8 Å². The van der Waals surface area contributed by atoms with E-state index in [0.29, 0.717) is 10.9 Å². The number of benzene rings is 1. The van der Waals surface area contributed by atoms with Crippen LogP contribution in [0.1, 0.15) is 0 Å². The van der Waals surface area contributed by atoms with E-state index in [1.54, 1.807) is 29.7 Å². The van der Waals surface area contributed by atoms with Crippen LogP contribution < -0.4 is 16.0 Å². The number of carbonyl (C=O) groups excluding carboxylic acids is 1. The van der Waals surface area contributed by atoms with Crippen molar-refractivity contribution in [1.82, 2.24) is 14.4 Å². The molecule has 23 heavy (non-hydrogen) atoms. The van der Waals surface area contributed by atoms with Crippen molar-refractivity contribution in [3.63, 3.8) is 0 Å². The van der Waals surface area contributed by atoms with E-state index in [1.165, 1.54) is 30.6 Å². The first kappa shape index (κ1) is 15.0. The third-order valence-corrected chi connectivity index (χ3v) is 4.83. The molecule has 0 bridgehead atoms. The Bertz CT molecular complexity index is 967. The Hall–Kier alpha value is -2.91. The lowest BCUT2D eigenvalue weighted by molar-refractivity contribution is 0.199. The zero-order chi connectivity index (χ0) is 16.4. The summed E-state index contributed by atoms with van der Waals surface area (Å²) in [6, 6.07) is 11.0. The molecule has 2 aromatic heterocycles. The number of hydrazine groups is 1. The topological polar surface area (TPSA) is 116 Å². The first-order valence-corrected chi connectivity index (χ1v) is 7.92. The van der Waals surface area contributed by atoms with Crippen LogP contribution in [-0.2, 0) is 10.0 Å². The molecule has 1 amide bonds. The molecule has 8 nitrogen and oxygen atoms in total. The van der Waals surface area contributed by atoms with Crippen molar-refractivity contribution in [2.75, 3.05) is 0 Å². The molecule has 0 spiro atoms.